The van der Waals surface area contributed by atoms with E-state index in [1.165, 1.54) is 7.11 Å². The number of benzene rings is 1. The van der Waals surface area contributed by atoms with Crippen LogP contribution >= 0.6 is 0 Å². The van der Waals surface area contributed by atoms with E-state index in [1.54, 1.807) is 6.07 Å². The Morgan fingerprint density at radius 2 is 2.20 bits per heavy atom. The Labute approximate surface area is 89.2 Å². The molecule has 3 nitrogen and oxygen atoms in total. The number of ether oxygens (including phenoxy) is 1. The number of aryl methyl sites for hydroxylation is 1. The Morgan fingerprint density at radius 3 is 2.80 bits per heavy atom. The van der Waals surface area contributed by atoms with E-state index in [-0.39, 0.29) is 12.4 Å². The van der Waals surface area contributed by atoms with Gasteiger partial charge in [0, 0.05) is 11.3 Å². The molecule has 1 rings (SSSR count). The van der Waals surface area contributed by atoms with Crippen LogP contribution < -0.4 is 5.73 Å². The lowest BCUT2D eigenvalue weighted by atomic mass is 10.1. The summed E-state index contributed by atoms with van der Waals surface area (Å²) in [5.74, 6) is 5.26. The highest BCUT2D eigenvalue weighted by atomic mass is 16.5. The van der Waals surface area contributed by atoms with Gasteiger partial charge in [0.05, 0.1) is 7.11 Å². The van der Waals surface area contributed by atoms with Crippen LogP contribution in [0.1, 0.15) is 17.5 Å². The third kappa shape index (κ3) is 3.74. The van der Waals surface area contributed by atoms with Crippen molar-refractivity contribution >= 4 is 11.7 Å². The van der Waals surface area contributed by atoms with E-state index in [4.69, 9.17) is 5.73 Å². The normalized spacial score (nSPS) is 8.93. The number of hydrogen-bond donors (Lipinski definition) is 1. The van der Waals surface area contributed by atoms with Crippen LogP contribution in [0.25, 0.3) is 0 Å². The van der Waals surface area contributed by atoms with Crippen molar-refractivity contribution in [2.24, 2.45) is 0 Å². The maximum absolute atomic E-state index is 10.8. The summed E-state index contributed by atoms with van der Waals surface area (Å²) in [7, 11) is 1.34. The second kappa shape index (κ2) is 5.06. The van der Waals surface area contributed by atoms with Crippen molar-refractivity contribution in [2.45, 2.75) is 13.3 Å². The van der Waals surface area contributed by atoms with Gasteiger partial charge < -0.3 is 10.5 Å². The maximum atomic E-state index is 10.8. The molecular weight excluding hydrogens is 190 g/mol. The lowest BCUT2D eigenvalue weighted by Crippen LogP contribution is -1.97. The summed E-state index contributed by atoms with van der Waals surface area (Å²) in [5, 5.41) is 0. The molecule has 0 unspecified atom stereocenters. The van der Waals surface area contributed by atoms with E-state index in [1.807, 2.05) is 19.1 Å². The highest BCUT2D eigenvalue weighted by Crippen LogP contribution is 2.09. The minimum atomic E-state index is -0.330. The number of carbonyl (C=O) groups is 1. The molecule has 0 bridgehead atoms. The Balaban J connectivity index is 2.75. The Morgan fingerprint density at radius 1 is 1.47 bits per heavy atom. The number of nitrogen functional groups attached to an aromatic ring is 1. The van der Waals surface area contributed by atoms with E-state index in [9.17, 15) is 4.79 Å². The summed E-state index contributed by atoms with van der Waals surface area (Å²) in [4.78, 5) is 10.8. The number of carbonyl (C=O) groups excluding carboxylic acids is 1. The lowest BCUT2D eigenvalue weighted by Gasteiger charge is -1.97. The summed E-state index contributed by atoms with van der Waals surface area (Å²) in [6.07, 6.45) is 0.102. The zero-order valence-corrected chi connectivity index (χ0v) is 8.83. The number of hydrogen-bond acceptors (Lipinski definition) is 3. The zero-order chi connectivity index (χ0) is 11.3. The molecule has 0 saturated heterocycles. The van der Waals surface area contributed by atoms with Crippen LogP contribution in [-0.2, 0) is 9.53 Å². The molecule has 0 aromatic heterocycles. The van der Waals surface area contributed by atoms with Gasteiger partial charge in [-0.05, 0) is 30.7 Å². The van der Waals surface area contributed by atoms with E-state index in [0.29, 0.717) is 5.69 Å². The fourth-order valence-electron chi connectivity index (χ4n) is 1.18. The quantitative estimate of drug-likeness (QED) is 0.427. The SMILES string of the molecule is COC(=O)CC#Cc1cc(C)cc(N)c1. The van der Waals surface area contributed by atoms with Crippen molar-refractivity contribution in [3.63, 3.8) is 0 Å². The summed E-state index contributed by atoms with van der Waals surface area (Å²) in [6, 6.07) is 5.56. The highest BCUT2D eigenvalue weighted by molar-refractivity contribution is 5.72. The van der Waals surface area contributed by atoms with Crippen LogP contribution in [0.3, 0.4) is 0 Å². The van der Waals surface area contributed by atoms with Crippen molar-refractivity contribution in [2.75, 3.05) is 12.8 Å². The summed E-state index contributed by atoms with van der Waals surface area (Å²) >= 11 is 0. The summed E-state index contributed by atoms with van der Waals surface area (Å²) in [6.45, 7) is 1.95. The highest BCUT2D eigenvalue weighted by Gasteiger charge is 1.95. The second-order valence-corrected chi connectivity index (χ2v) is 3.19. The van der Waals surface area contributed by atoms with Crippen LogP contribution in [0.4, 0.5) is 5.69 Å². The maximum Gasteiger partial charge on any atom is 0.317 e. The smallest absolute Gasteiger partial charge is 0.317 e. The van der Waals surface area contributed by atoms with E-state index in [2.05, 4.69) is 16.6 Å². The number of esters is 1. The second-order valence-electron chi connectivity index (χ2n) is 3.19. The van der Waals surface area contributed by atoms with Crippen molar-refractivity contribution in [1.29, 1.82) is 0 Å². The molecule has 0 radical (unpaired) electrons. The van der Waals surface area contributed by atoms with Gasteiger partial charge in [-0.25, -0.2) is 0 Å². The van der Waals surface area contributed by atoms with Gasteiger partial charge in [-0.2, -0.15) is 0 Å². The fourth-order valence-corrected chi connectivity index (χ4v) is 1.18. The Bertz CT molecular complexity index is 407. The molecule has 15 heavy (non-hydrogen) atoms. The van der Waals surface area contributed by atoms with Crippen LogP contribution in [0.15, 0.2) is 18.2 Å². The average Bonchev–Trinajstić information content (AvgIpc) is 2.16. The Kier molecular flexibility index (Phi) is 3.75. The van der Waals surface area contributed by atoms with Gasteiger partial charge in [-0.15, -0.1) is 0 Å². The molecule has 1 aromatic rings. The third-order valence-corrected chi connectivity index (χ3v) is 1.79. The molecule has 0 atom stereocenters. The first-order valence-corrected chi connectivity index (χ1v) is 4.54. The van der Waals surface area contributed by atoms with E-state index >= 15 is 0 Å². The first kappa shape index (κ1) is 11.1. The third-order valence-electron chi connectivity index (χ3n) is 1.79. The molecule has 0 heterocycles. The Hall–Kier alpha value is -1.95. The van der Waals surface area contributed by atoms with Crippen LogP contribution in [-0.4, -0.2) is 13.1 Å². The van der Waals surface area contributed by atoms with Gasteiger partial charge in [0.25, 0.3) is 0 Å². The van der Waals surface area contributed by atoms with Crippen molar-refractivity contribution in [1.82, 2.24) is 0 Å². The predicted octanol–water partition coefficient (Wildman–Crippen LogP) is 1.49. The molecule has 0 fully saturated rings. The monoisotopic (exact) mass is 203 g/mol. The molecule has 0 aliphatic rings. The average molecular weight is 203 g/mol. The molecular formula is C12H13NO2. The van der Waals surface area contributed by atoms with Gasteiger partial charge in [0.1, 0.15) is 6.42 Å². The lowest BCUT2D eigenvalue weighted by molar-refractivity contribution is -0.139. The van der Waals surface area contributed by atoms with Crippen LogP contribution in [0, 0.1) is 18.8 Å². The first-order chi connectivity index (χ1) is 7.11. The van der Waals surface area contributed by atoms with Gasteiger partial charge in [-0.1, -0.05) is 11.8 Å². The molecule has 78 valence electrons. The molecule has 0 aliphatic heterocycles. The molecule has 0 aliphatic carbocycles. The number of rotatable bonds is 1. The van der Waals surface area contributed by atoms with Gasteiger partial charge in [-0.3, -0.25) is 4.79 Å². The van der Waals surface area contributed by atoms with Gasteiger partial charge in [0.15, 0.2) is 0 Å². The van der Waals surface area contributed by atoms with Crippen molar-refractivity contribution < 1.29 is 9.53 Å². The fraction of sp³-hybridized carbons (Fsp3) is 0.250. The van der Waals surface area contributed by atoms with Gasteiger partial charge in [0.2, 0.25) is 0 Å². The zero-order valence-electron chi connectivity index (χ0n) is 8.83. The summed E-state index contributed by atoms with van der Waals surface area (Å²) in [5.41, 5.74) is 8.21. The van der Waals surface area contributed by atoms with Gasteiger partial charge >= 0.3 is 5.97 Å². The number of methoxy groups -OCH3 is 1. The first-order valence-electron chi connectivity index (χ1n) is 4.54. The van der Waals surface area contributed by atoms with Crippen LogP contribution in [0.5, 0.6) is 0 Å². The molecule has 1 aromatic carbocycles. The van der Waals surface area contributed by atoms with E-state index < -0.39 is 0 Å². The summed E-state index contributed by atoms with van der Waals surface area (Å²) < 4.78 is 4.47. The molecule has 2 N–H and O–H groups in total. The largest absolute Gasteiger partial charge is 0.468 e. The minimum Gasteiger partial charge on any atom is -0.468 e. The molecule has 0 amide bonds. The van der Waals surface area contributed by atoms with Crippen molar-refractivity contribution in [3.05, 3.63) is 29.3 Å². The molecule has 3 heteroatoms. The van der Waals surface area contributed by atoms with E-state index in [0.717, 1.165) is 11.1 Å². The predicted molar refractivity (Wildman–Crippen MR) is 59.1 cm³/mol. The minimum absolute atomic E-state index is 0.102. The standard InChI is InChI=1S/C12H13NO2/c1-9-6-10(8-11(13)7-9)4-3-5-12(14)15-2/h6-8H,5,13H2,1-2H3. The molecule has 0 saturated carbocycles. The topological polar surface area (TPSA) is 52.3 Å². The number of nitrogens with two attached hydrogens (primary N) is 1. The van der Waals surface area contributed by atoms with Crippen LogP contribution in [0.2, 0.25) is 0 Å². The number of anilines is 1. The molecule has 0 spiro atoms. The van der Waals surface area contributed by atoms with Crippen molar-refractivity contribution in [3.8, 4) is 11.8 Å².